The zero-order valence-electron chi connectivity index (χ0n) is 16.1. The van der Waals surface area contributed by atoms with Gasteiger partial charge in [-0.2, -0.15) is 0 Å². The first kappa shape index (κ1) is 21.5. The van der Waals surface area contributed by atoms with Crippen molar-refractivity contribution in [3.05, 3.63) is 58.9 Å². The van der Waals surface area contributed by atoms with Crippen LogP contribution in [0, 0.1) is 0 Å². The number of amides is 1. The molecule has 1 aromatic heterocycles. The smallest absolute Gasteiger partial charge is 0.270 e. The van der Waals surface area contributed by atoms with E-state index < -0.39 is 36.1 Å². The van der Waals surface area contributed by atoms with Crippen molar-refractivity contribution >= 4 is 29.3 Å². The molecule has 0 saturated carbocycles. The Balaban J connectivity index is 1.51. The van der Waals surface area contributed by atoms with Gasteiger partial charge in [0.25, 0.3) is 5.91 Å². The summed E-state index contributed by atoms with van der Waals surface area (Å²) >= 11 is 7.20. The Labute approximate surface area is 183 Å². The third kappa shape index (κ3) is 4.33. The van der Waals surface area contributed by atoms with Crippen molar-refractivity contribution in [3.63, 3.8) is 0 Å². The normalized spacial score (nSPS) is 31.1. The first-order valence-electron chi connectivity index (χ1n) is 9.43. The van der Waals surface area contributed by atoms with Crippen LogP contribution in [0.5, 0.6) is 0 Å². The van der Waals surface area contributed by atoms with Gasteiger partial charge in [0.05, 0.1) is 17.7 Å². The number of aliphatic hydroxyl groups excluding tert-OH is 1. The number of aromatic nitrogens is 1. The van der Waals surface area contributed by atoms with Gasteiger partial charge in [0, 0.05) is 23.7 Å². The molecule has 2 saturated heterocycles. The number of pyridine rings is 1. The van der Waals surface area contributed by atoms with E-state index in [0.29, 0.717) is 9.92 Å². The molecular weight excluding hydrogens is 430 g/mol. The molecule has 0 bridgehead atoms. The molecule has 4 N–H and O–H groups in total. The van der Waals surface area contributed by atoms with E-state index in [1.54, 1.807) is 6.07 Å². The van der Waals surface area contributed by atoms with Gasteiger partial charge < -0.3 is 30.4 Å². The summed E-state index contributed by atoms with van der Waals surface area (Å²) in [6.45, 7) is 0.262. The third-order valence-electron chi connectivity index (χ3n) is 5.00. The van der Waals surface area contributed by atoms with Crippen molar-refractivity contribution in [3.8, 4) is 0 Å². The Morgan fingerprint density at radius 2 is 2.10 bits per heavy atom. The second-order valence-corrected chi connectivity index (χ2v) is 8.56. The summed E-state index contributed by atoms with van der Waals surface area (Å²) in [7, 11) is 1.51. The minimum atomic E-state index is -1.04. The maximum absolute atomic E-state index is 12.1. The van der Waals surface area contributed by atoms with Crippen LogP contribution in [-0.4, -0.2) is 59.4 Å². The van der Waals surface area contributed by atoms with Gasteiger partial charge in [-0.3, -0.25) is 4.79 Å². The fourth-order valence-corrected chi connectivity index (χ4v) is 4.88. The quantitative estimate of drug-likeness (QED) is 0.643. The average molecular weight is 452 g/mol. The predicted octanol–water partition coefficient (Wildman–Crippen LogP) is 1.71. The number of benzene rings is 1. The SMILES string of the molecule is CNC(=O)c1ncc(Cl)cc1SC1OC2COC(c3ccccc3)OC2C(N)C1O. The van der Waals surface area contributed by atoms with Gasteiger partial charge >= 0.3 is 0 Å². The zero-order valence-corrected chi connectivity index (χ0v) is 17.7. The first-order valence-corrected chi connectivity index (χ1v) is 10.7. The van der Waals surface area contributed by atoms with Crippen molar-refractivity contribution in [1.29, 1.82) is 0 Å². The summed E-state index contributed by atoms with van der Waals surface area (Å²) in [6.07, 6.45) is -1.22. The van der Waals surface area contributed by atoms with Crippen molar-refractivity contribution in [2.75, 3.05) is 13.7 Å². The van der Waals surface area contributed by atoms with E-state index in [4.69, 9.17) is 31.5 Å². The molecule has 30 heavy (non-hydrogen) atoms. The van der Waals surface area contributed by atoms with Gasteiger partial charge in [-0.15, -0.1) is 0 Å². The topological polar surface area (TPSA) is 116 Å². The molecule has 1 amide bonds. The van der Waals surface area contributed by atoms with Gasteiger partial charge in [0.2, 0.25) is 0 Å². The maximum atomic E-state index is 12.1. The number of fused-ring (bicyclic) bond motifs is 1. The van der Waals surface area contributed by atoms with Gasteiger partial charge in [0.15, 0.2) is 6.29 Å². The van der Waals surface area contributed by atoms with E-state index in [-0.39, 0.29) is 18.2 Å². The van der Waals surface area contributed by atoms with Crippen molar-refractivity contribution < 1.29 is 24.1 Å². The monoisotopic (exact) mass is 451 g/mol. The number of hydrogen-bond acceptors (Lipinski definition) is 8. The number of nitrogens with zero attached hydrogens (tertiary/aromatic N) is 1. The molecule has 6 unspecified atom stereocenters. The molecule has 6 atom stereocenters. The molecule has 2 aromatic rings. The molecule has 0 radical (unpaired) electrons. The molecular formula is C20H22ClN3O5S. The van der Waals surface area contributed by atoms with E-state index in [9.17, 15) is 9.90 Å². The maximum Gasteiger partial charge on any atom is 0.270 e. The molecule has 8 nitrogen and oxygen atoms in total. The van der Waals surface area contributed by atoms with Crippen LogP contribution < -0.4 is 11.1 Å². The second-order valence-electron chi connectivity index (χ2n) is 6.98. The minimum absolute atomic E-state index is 0.193. The first-order chi connectivity index (χ1) is 14.5. The lowest BCUT2D eigenvalue weighted by Crippen LogP contribution is -2.64. The number of carbonyl (C=O) groups excluding carboxylic acids is 1. The highest BCUT2D eigenvalue weighted by Crippen LogP contribution is 2.39. The number of nitrogens with two attached hydrogens (primary N) is 1. The Bertz CT molecular complexity index is 903. The molecule has 10 heteroatoms. The number of carbonyl (C=O) groups is 1. The number of ether oxygens (including phenoxy) is 3. The molecule has 3 heterocycles. The molecule has 2 fully saturated rings. The number of halogens is 1. The van der Waals surface area contributed by atoms with E-state index in [2.05, 4.69) is 10.3 Å². The third-order valence-corrected chi connectivity index (χ3v) is 6.39. The highest BCUT2D eigenvalue weighted by atomic mass is 35.5. The van der Waals surface area contributed by atoms with Crippen molar-refractivity contribution in [2.24, 2.45) is 5.73 Å². The van der Waals surface area contributed by atoms with Crippen LogP contribution in [0.4, 0.5) is 0 Å². The Morgan fingerprint density at radius 3 is 2.83 bits per heavy atom. The number of thioether (sulfide) groups is 1. The van der Waals surface area contributed by atoms with Crippen molar-refractivity contribution in [1.82, 2.24) is 10.3 Å². The van der Waals surface area contributed by atoms with Crippen molar-refractivity contribution in [2.45, 2.75) is 41.0 Å². The van der Waals surface area contributed by atoms with Gasteiger partial charge in [-0.05, 0) is 6.07 Å². The van der Waals surface area contributed by atoms with Crippen LogP contribution in [0.2, 0.25) is 5.02 Å². The molecule has 2 aliphatic rings. The van der Waals surface area contributed by atoms with Crippen LogP contribution >= 0.6 is 23.4 Å². The molecule has 1 aromatic carbocycles. The van der Waals surface area contributed by atoms with E-state index in [1.807, 2.05) is 30.3 Å². The number of nitrogens with one attached hydrogen (secondary N) is 1. The van der Waals surface area contributed by atoms with E-state index >= 15 is 0 Å². The van der Waals surface area contributed by atoms with Crippen LogP contribution in [0.25, 0.3) is 0 Å². The summed E-state index contributed by atoms with van der Waals surface area (Å²) in [5.74, 6) is -0.364. The lowest BCUT2D eigenvalue weighted by molar-refractivity contribution is -0.297. The van der Waals surface area contributed by atoms with Gasteiger partial charge in [-0.1, -0.05) is 53.7 Å². The zero-order chi connectivity index (χ0) is 21.3. The highest BCUT2D eigenvalue weighted by Gasteiger charge is 2.48. The lowest BCUT2D eigenvalue weighted by Gasteiger charge is -2.47. The Hall–Kier alpha value is -1.72. The molecule has 4 rings (SSSR count). The van der Waals surface area contributed by atoms with E-state index in [1.165, 1.54) is 13.2 Å². The van der Waals surface area contributed by atoms with Crippen LogP contribution in [0.1, 0.15) is 22.3 Å². The highest BCUT2D eigenvalue weighted by molar-refractivity contribution is 8.00. The van der Waals surface area contributed by atoms with Gasteiger partial charge in [-0.25, -0.2) is 4.98 Å². The van der Waals surface area contributed by atoms with E-state index in [0.717, 1.165) is 17.3 Å². The Kier molecular flexibility index (Phi) is 6.59. The molecule has 2 aliphatic heterocycles. The second kappa shape index (κ2) is 9.19. The summed E-state index contributed by atoms with van der Waals surface area (Å²) < 4.78 is 17.9. The lowest BCUT2D eigenvalue weighted by atomic mass is 9.97. The fourth-order valence-electron chi connectivity index (χ4n) is 3.44. The summed E-state index contributed by atoms with van der Waals surface area (Å²) in [6, 6.07) is 10.4. The van der Waals surface area contributed by atoms with Crippen LogP contribution in [0.15, 0.2) is 47.5 Å². The standard InChI is InChI=1S/C20H22ClN3O5S/c1-23-18(26)15-13(7-11(21)8-24-15)30-20-16(25)14(22)17-12(28-20)9-27-19(29-17)10-5-3-2-4-6-10/h2-8,12,14,16-17,19-20,25H,9,22H2,1H3,(H,23,26). The molecule has 0 aliphatic carbocycles. The van der Waals surface area contributed by atoms with Crippen LogP contribution in [-0.2, 0) is 14.2 Å². The number of aliphatic hydroxyl groups is 1. The molecule has 0 spiro atoms. The summed E-state index contributed by atoms with van der Waals surface area (Å²) in [5, 5.41) is 13.7. The van der Waals surface area contributed by atoms with Crippen LogP contribution in [0.3, 0.4) is 0 Å². The average Bonchev–Trinajstić information content (AvgIpc) is 2.77. The largest absolute Gasteiger partial charge is 0.388 e. The molecule has 160 valence electrons. The minimum Gasteiger partial charge on any atom is -0.388 e. The predicted molar refractivity (Wildman–Crippen MR) is 111 cm³/mol. The van der Waals surface area contributed by atoms with Gasteiger partial charge in [0.1, 0.15) is 29.4 Å². The number of hydrogen-bond donors (Lipinski definition) is 3. The fraction of sp³-hybridized carbons (Fsp3) is 0.400. The Morgan fingerprint density at radius 1 is 1.33 bits per heavy atom. The summed E-state index contributed by atoms with van der Waals surface area (Å²) in [5.41, 5.74) is 6.64. The number of rotatable bonds is 4. The summed E-state index contributed by atoms with van der Waals surface area (Å²) in [4.78, 5) is 16.7.